The fraction of sp³-hybridized carbons (Fsp3) is 0.357. The van der Waals surface area contributed by atoms with E-state index in [0.29, 0.717) is 21.6 Å². The van der Waals surface area contributed by atoms with Crippen LogP contribution in [0.4, 0.5) is 0 Å². The number of carbonyl (C=O) groups is 2. The summed E-state index contributed by atoms with van der Waals surface area (Å²) in [6.45, 7) is 3.85. The highest BCUT2D eigenvalue weighted by Gasteiger charge is 2.22. The van der Waals surface area contributed by atoms with Crippen molar-refractivity contribution in [2.45, 2.75) is 19.9 Å². The number of nitrogens with one attached hydrogen (secondary N) is 1. The van der Waals surface area contributed by atoms with Gasteiger partial charge < -0.3 is 14.6 Å². The average molecular weight is 310 g/mol. The van der Waals surface area contributed by atoms with E-state index in [9.17, 15) is 9.59 Å². The summed E-state index contributed by atoms with van der Waals surface area (Å²) in [5.74, 6) is -0.647. The molecule has 1 amide bonds. The van der Waals surface area contributed by atoms with Crippen molar-refractivity contribution >= 4 is 34.5 Å². The maximum atomic E-state index is 11.9. The Morgan fingerprint density at radius 3 is 2.57 bits per heavy atom. The maximum absolute atomic E-state index is 11.9. The highest BCUT2D eigenvalue weighted by molar-refractivity contribution is 6.34. The quantitative estimate of drug-likeness (QED) is 0.884. The summed E-state index contributed by atoms with van der Waals surface area (Å²) in [5.41, 5.74) is 1.52. The lowest BCUT2D eigenvalue weighted by molar-refractivity contribution is 0.0580. The predicted molar refractivity (Wildman–Crippen MR) is 79.9 cm³/mol. The lowest BCUT2D eigenvalue weighted by atomic mass is 10.2. The Kier molecular flexibility index (Phi) is 4.18. The minimum Gasteiger partial charge on any atom is -0.463 e. The SMILES string of the molecule is CNC(=O)c1cc2nc(C(=O)OC)n(C(C)C)c2cc1Cl. The second-order valence-electron chi connectivity index (χ2n) is 4.79. The number of amides is 1. The predicted octanol–water partition coefficient (Wildman–Crippen LogP) is 2.42. The Labute approximate surface area is 127 Å². The summed E-state index contributed by atoms with van der Waals surface area (Å²) in [6, 6.07) is 3.20. The van der Waals surface area contributed by atoms with Crippen molar-refractivity contribution < 1.29 is 14.3 Å². The molecule has 0 aliphatic carbocycles. The minimum atomic E-state index is -0.530. The third-order valence-electron chi connectivity index (χ3n) is 3.13. The third kappa shape index (κ3) is 2.58. The van der Waals surface area contributed by atoms with Crippen LogP contribution in [0.1, 0.15) is 40.9 Å². The number of imidazole rings is 1. The van der Waals surface area contributed by atoms with Crippen LogP contribution in [0.5, 0.6) is 0 Å². The first kappa shape index (κ1) is 15.3. The molecular weight excluding hydrogens is 294 g/mol. The van der Waals surface area contributed by atoms with Gasteiger partial charge in [-0.05, 0) is 26.0 Å². The lowest BCUT2D eigenvalue weighted by Crippen LogP contribution is -2.18. The van der Waals surface area contributed by atoms with Gasteiger partial charge in [-0.3, -0.25) is 4.79 Å². The molecule has 2 aromatic rings. The molecule has 1 heterocycles. The number of nitrogens with zero attached hydrogens (tertiary/aromatic N) is 2. The normalized spacial score (nSPS) is 11.0. The van der Waals surface area contributed by atoms with Gasteiger partial charge in [0.1, 0.15) is 0 Å². The van der Waals surface area contributed by atoms with Gasteiger partial charge in [0.15, 0.2) is 0 Å². The van der Waals surface area contributed by atoms with Gasteiger partial charge in [-0.1, -0.05) is 11.6 Å². The Hall–Kier alpha value is -2.08. The number of hydrogen-bond acceptors (Lipinski definition) is 4. The molecule has 1 aromatic heterocycles. The number of hydrogen-bond donors (Lipinski definition) is 1. The largest absolute Gasteiger partial charge is 0.463 e. The van der Waals surface area contributed by atoms with Crippen molar-refractivity contribution in [3.63, 3.8) is 0 Å². The molecule has 112 valence electrons. The first-order valence-electron chi connectivity index (χ1n) is 6.42. The van der Waals surface area contributed by atoms with Crippen molar-refractivity contribution in [1.82, 2.24) is 14.9 Å². The number of carbonyl (C=O) groups excluding carboxylic acids is 2. The monoisotopic (exact) mass is 309 g/mol. The lowest BCUT2D eigenvalue weighted by Gasteiger charge is -2.12. The molecule has 0 unspecified atom stereocenters. The van der Waals surface area contributed by atoms with Gasteiger partial charge in [-0.15, -0.1) is 0 Å². The van der Waals surface area contributed by atoms with E-state index >= 15 is 0 Å². The fourth-order valence-electron chi connectivity index (χ4n) is 2.18. The van der Waals surface area contributed by atoms with Gasteiger partial charge in [0, 0.05) is 13.1 Å². The highest BCUT2D eigenvalue weighted by Crippen LogP contribution is 2.27. The number of aromatic nitrogens is 2. The zero-order chi connectivity index (χ0) is 15.7. The summed E-state index contributed by atoms with van der Waals surface area (Å²) in [5, 5.41) is 2.82. The molecule has 6 nitrogen and oxygen atoms in total. The maximum Gasteiger partial charge on any atom is 0.374 e. The van der Waals surface area contributed by atoms with Crippen molar-refractivity contribution in [2.75, 3.05) is 14.2 Å². The summed E-state index contributed by atoms with van der Waals surface area (Å²) in [6.07, 6.45) is 0. The van der Waals surface area contributed by atoms with E-state index < -0.39 is 5.97 Å². The van der Waals surface area contributed by atoms with Crippen molar-refractivity contribution in [3.05, 3.63) is 28.5 Å². The number of benzene rings is 1. The number of fused-ring (bicyclic) bond motifs is 1. The van der Waals surface area contributed by atoms with E-state index in [1.54, 1.807) is 16.7 Å². The van der Waals surface area contributed by atoms with E-state index in [1.165, 1.54) is 14.2 Å². The second-order valence-corrected chi connectivity index (χ2v) is 5.20. The molecule has 0 fully saturated rings. The van der Waals surface area contributed by atoms with E-state index in [0.717, 1.165) is 0 Å². The Bertz CT molecular complexity index is 722. The van der Waals surface area contributed by atoms with Crippen LogP contribution in [-0.2, 0) is 4.74 Å². The molecule has 2 rings (SSSR count). The van der Waals surface area contributed by atoms with Gasteiger partial charge >= 0.3 is 5.97 Å². The number of halogens is 1. The van der Waals surface area contributed by atoms with Crippen LogP contribution in [-0.4, -0.2) is 35.6 Å². The molecule has 0 aliphatic heterocycles. The second kappa shape index (κ2) is 5.73. The van der Waals surface area contributed by atoms with Crippen LogP contribution in [0.25, 0.3) is 11.0 Å². The number of ether oxygens (including phenoxy) is 1. The number of esters is 1. The molecule has 0 bridgehead atoms. The molecule has 0 saturated carbocycles. The van der Waals surface area contributed by atoms with Gasteiger partial charge in [0.2, 0.25) is 5.82 Å². The zero-order valence-corrected chi connectivity index (χ0v) is 13.0. The van der Waals surface area contributed by atoms with Crippen LogP contribution < -0.4 is 5.32 Å². The van der Waals surface area contributed by atoms with Crippen LogP contribution in [0.15, 0.2) is 12.1 Å². The number of rotatable bonds is 3. The number of methoxy groups -OCH3 is 1. The van der Waals surface area contributed by atoms with Crippen molar-refractivity contribution in [2.24, 2.45) is 0 Å². The molecule has 7 heteroatoms. The molecule has 1 N–H and O–H groups in total. The molecule has 0 saturated heterocycles. The summed E-state index contributed by atoms with van der Waals surface area (Å²) < 4.78 is 6.49. The van der Waals surface area contributed by atoms with E-state index in [-0.39, 0.29) is 17.8 Å². The first-order chi connectivity index (χ1) is 9.90. The van der Waals surface area contributed by atoms with E-state index in [2.05, 4.69) is 10.3 Å². The standard InChI is InChI=1S/C14H16ClN3O3/c1-7(2)18-11-6-9(15)8(13(19)16-3)5-10(11)17-12(18)14(20)21-4/h5-7H,1-4H3,(H,16,19). The molecule has 0 atom stereocenters. The van der Waals surface area contributed by atoms with Gasteiger partial charge in [-0.25, -0.2) is 9.78 Å². The van der Waals surface area contributed by atoms with Gasteiger partial charge in [-0.2, -0.15) is 0 Å². The van der Waals surface area contributed by atoms with Crippen LogP contribution in [0, 0.1) is 0 Å². The van der Waals surface area contributed by atoms with Gasteiger partial charge in [0.25, 0.3) is 5.91 Å². The van der Waals surface area contributed by atoms with Crippen LogP contribution in [0.3, 0.4) is 0 Å². The van der Waals surface area contributed by atoms with E-state index in [1.807, 2.05) is 13.8 Å². The van der Waals surface area contributed by atoms with E-state index in [4.69, 9.17) is 16.3 Å². The third-order valence-corrected chi connectivity index (χ3v) is 3.45. The molecule has 0 spiro atoms. The smallest absolute Gasteiger partial charge is 0.374 e. The highest BCUT2D eigenvalue weighted by atomic mass is 35.5. The Balaban J connectivity index is 2.76. The minimum absolute atomic E-state index is 0.00832. The summed E-state index contributed by atoms with van der Waals surface area (Å²) in [7, 11) is 2.82. The average Bonchev–Trinajstić information content (AvgIpc) is 2.83. The van der Waals surface area contributed by atoms with Crippen molar-refractivity contribution in [3.8, 4) is 0 Å². The summed E-state index contributed by atoms with van der Waals surface area (Å²) >= 11 is 6.16. The summed E-state index contributed by atoms with van der Waals surface area (Å²) in [4.78, 5) is 27.9. The molecule has 21 heavy (non-hydrogen) atoms. The fourth-order valence-corrected chi connectivity index (χ4v) is 2.43. The zero-order valence-electron chi connectivity index (χ0n) is 12.2. The van der Waals surface area contributed by atoms with Crippen LogP contribution in [0.2, 0.25) is 5.02 Å². The molecule has 0 radical (unpaired) electrons. The molecule has 0 aliphatic rings. The molecular formula is C14H16ClN3O3. The first-order valence-corrected chi connectivity index (χ1v) is 6.80. The van der Waals surface area contributed by atoms with Gasteiger partial charge in [0.05, 0.1) is 28.7 Å². The topological polar surface area (TPSA) is 73.2 Å². The Morgan fingerprint density at radius 2 is 2.05 bits per heavy atom. The Morgan fingerprint density at radius 1 is 1.38 bits per heavy atom. The van der Waals surface area contributed by atoms with Crippen LogP contribution >= 0.6 is 11.6 Å². The molecule has 1 aromatic carbocycles. The van der Waals surface area contributed by atoms with Crippen molar-refractivity contribution in [1.29, 1.82) is 0 Å².